The summed E-state index contributed by atoms with van der Waals surface area (Å²) in [4.78, 5) is 4.96. The van der Waals surface area contributed by atoms with Crippen molar-refractivity contribution in [3.8, 4) is 0 Å². The quantitative estimate of drug-likeness (QED) is 0.609. The van der Waals surface area contributed by atoms with Gasteiger partial charge in [-0.2, -0.15) is 0 Å². The van der Waals surface area contributed by atoms with Crippen LogP contribution in [-0.4, -0.2) is 37.1 Å². The summed E-state index contributed by atoms with van der Waals surface area (Å²) in [5.41, 5.74) is 6.49. The van der Waals surface area contributed by atoms with Gasteiger partial charge in [-0.05, 0) is 60.3 Å². The van der Waals surface area contributed by atoms with Gasteiger partial charge in [0.25, 0.3) is 0 Å². The summed E-state index contributed by atoms with van der Waals surface area (Å²) in [6, 6.07) is 20.3. The summed E-state index contributed by atoms with van der Waals surface area (Å²) < 4.78 is 0. The molecule has 1 aliphatic carbocycles. The Kier molecular flexibility index (Phi) is 6.31. The zero-order valence-electron chi connectivity index (χ0n) is 17.7. The number of likely N-dealkylation sites (N-methyl/N-ethyl adjacent to an activating group) is 1. The van der Waals surface area contributed by atoms with E-state index >= 15 is 0 Å². The van der Waals surface area contributed by atoms with Gasteiger partial charge in [-0.1, -0.05) is 80.6 Å². The molecule has 0 bridgehead atoms. The summed E-state index contributed by atoms with van der Waals surface area (Å²) in [5.74, 6) is 0. The maximum absolute atomic E-state index is 2.49. The molecule has 0 aromatic heterocycles. The van der Waals surface area contributed by atoms with Crippen molar-refractivity contribution in [3.05, 3.63) is 95.6 Å². The smallest absolute Gasteiger partial charge is 0.0467 e. The van der Waals surface area contributed by atoms with Crippen LogP contribution in [0.2, 0.25) is 0 Å². The van der Waals surface area contributed by atoms with Gasteiger partial charge in [0.05, 0.1) is 0 Å². The SMILES string of the molecule is CCN(CC)C1C=CC(=C(c2ccccc2)c2ccc(N3CCCC3)cc2)C=C1. The van der Waals surface area contributed by atoms with Gasteiger partial charge in [0, 0.05) is 24.8 Å². The highest BCUT2D eigenvalue weighted by Crippen LogP contribution is 2.32. The third-order valence-corrected chi connectivity index (χ3v) is 6.16. The van der Waals surface area contributed by atoms with Gasteiger partial charge in [-0.25, -0.2) is 0 Å². The van der Waals surface area contributed by atoms with E-state index in [1.165, 1.54) is 53.9 Å². The second-order valence-corrected chi connectivity index (χ2v) is 7.87. The van der Waals surface area contributed by atoms with Crippen molar-refractivity contribution in [3.63, 3.8) is 0 Å². The van der Waals surface area contributed by atoms with Crippen LogP contribution in [0.1, 0.15) is 37.8 Å². The number of nitrogens with zero attached hydrogens (tertiary/aromatic N) is 2. The van der Waals surface area contributed by atoms with Gasteiger partial charge >= 0.3 is 0 Å². The van der Waals surface area contributed by atoms with Crippen LogP contribution in [0.4, 0.5) is 5.69 Å². The van der Waals surface area contributed by atoms with E-state index < -0.39 is 0 Å². The average molecular weight is 385 g/mol. The fourth-order valence-corrected chi connectivity index (χ4v) is 4.50. The van der Waals surface area contributed by atoms with Gasteiger partial charge in [-0.15, -0.1) is 0 Å². The lowest BCUT2D eigenvalue weighted by atomic mass is 9.90. The number of hydrogen-bond acceptors (Lipinski definition) is 2. The third kappa shape index (κ3) is 4.38. The van der Waals surface area contributed by atoms with E-state index in [-0.39, 0.29) is 0 Å². The normalized spacial score (nSPS) is 18.7. The minimum absolute atomic E-state index is 0.392. The highest BCUT2D eigenvalue weighted by Gasteiger charge is 2.16. The molecule has 2 heteroatoms. The Labute approximate surface area is 175 Å². The third-order valence-electron chi connectivity index (χ3n) is 6.16. The van der Waals surface area contributed by atoms with Crippen molar-refractivity contribution >= 4 is 11.3 Å². The Morgan fingerprint density at radius 1 is 0.828 bits per heavy atom. The number of hydrogen-bond donors (Lipinski definition) is 0. The van der Waals surface area contributed by atoms with Crippen LogP contribution in [-0.2, 0) is 0 Å². The van der Waals surface area contributed by atoms with Crippen molar-refractivity contribution < 1.29 is 0 Å². The minimum atomic E-state index is 0.392. The number of rotatable bonds is 6. The van der Waals surface area contributed by atoms with Crippen LogP contribution in [0.5, 0.6) is 0 Å². The molecule has 1 fully saturated rings. The van der Waals surface area contributed by atoms with Gasteiger partial charge in [0.2, 0.25) is 0 Å². The Morgan fingerprint density at radius 2 is 1.41 bits per heavy atom. The summed E-state index contributed by atoms with van der Waals surface area (Å²) in [7, 11) is 0. The van der Waals surface area contributed by atoms with Crippen LogP contribution in [0, 0.1) is 0 Å². The van der Waals surface area contributed by atoms with Crippen LogP contribution in [0.15, 0.2) is 84.5 Å². The Morgan fingerprint density at radius 3 is 2.00 bits per heavy atom. The zero-order valence-corrected chi connectivity index (χ0v) is 17.7. The predicted octanol–water partition coefficient (Wildman–Crippen LogP) is 5.93. The van der Waals surface area contributed by atoms with Gasteiger partial charge in [0.1, 0.15) is 0 Å². The topological polar surface area (TPSA) is 6.48 Å². The van der Waals surface area contributed by atoms with E-state index in [4.69, 9.17) is 0 Å². The molecule has 0 saturated carbocycles. The molecule has 2 aromatic rings. The van der Waals surface area contributed by atoms with E-state index in [0.29, 0.717) is 6.04 Å². The molecule has 0 spiro atoms. The molecule has 2 aromatic carbocycles. The largest absolute Gasteiger partial charge is 0.372 e. The molecule has 0 N–H and O–H groups in total. The summed E-state index contributed by atoms with van der Waals surface area (Å²) >= 11 is 0. The molecule has 1 heterocycles. The lowest BCUT2D eigenvalue weighted by Gasteiger charge is -2.27. The molecule has 29 heavy (non-hydrogen) atoms. The molecule has 1 saturated heterocycles. The molecular weight excluding hydrogens is 352 g/mol. The number of benzene rings is 2. The lowest BCUT2D eigenvalue weighted by molar-refractivity contribution is 0.287. The van der Waals surface area contributed by atoms with Crippen LogP contribution < -0.4 is 4.90 Å². The molecule has 2 aliphatic rings. The van der Waals surface area contributed by atoms with Gasteiger partial charge < -0.3 is 4.90 Å². The van der Waals surface area contributed by atoms with E-state index in [2.05, 4.69) is 103 Å². The molecular formula is C27H32N2. The molecule has 150 valence electrons. The van der Waals surface area contributed by atoms with E-state index in [0.717, 1.165) is 13.1 Å². The molecule has 4 rings (SSSR count). The van der Waals surface area contributed by atoms with Crippen molar-refractivity contribution in [2.45, 2.75) is 32.7 Å². The molecule has 1 aliphatic heterocycles. The first-order valence-electron chi connectivity index (χ1n) is 11.1. The minimum Gasteiger partial charge on any atom is -0.372 e. The lowest BCUT2D eigenvalue weighted by Crippen LogP contribution is -2.32. The monoisotopic (exact) mass is 384 g/mol. The number of allylic oxidation sites excluding steroid dienone is 3. The van der Waals surface area contributed by atoms with Crippen molar-refractivity contribution in [1.82, 2.24) is 4.90 Å². The fraction of sp³-hybridized carbons (Fsp3) is 0.333. The molecule has 0 unspecified atom stereocenters. The average Bonchev–Trinajstić information content (AvgIpc) is 3.32. The van der Waals surface area contributed by atoms with Crippen LogP contribution in [0.3, 0.4) is 0 Å². The number of anilines is 1. The van der Waals surface area contributed by atoms with Crippen molar-refractivity contribution in [2.75, 3.05) is 31.1 Å². The summed E-state index contributed by atoms with van der Waals surface area (Å²) in [5, 5.41) is 0. The standard InChI is InChI=1S/C27H32N2/c1-3-28(4-2)25-16-12-23(13-17-25)27(22-10-6-5-7-11-22)24-14-18-26(19-15-24)29-20-8-9-21-29/h5-7,10-19,25H,3-4,8-9,20-21H2,1-2H3. The first kappa shape index (κ1) is 19.7. The second-order valence-electron chi connectivity index (χ2n) is 7.87. The molecule has 2 nitrogen and oxygen atoms in total. The van der Waals surface area contributed by atoms with E-state index in [1.807, 2.05) is 0 Å². The van der Waals surface area contributed by atoms with Crippen LogP contribution in [0.25, 0.3) is 5.57 Å². The van der Waals surface area contributed by atoms with Gasteiger partial charge in [-0.3, -0.25) is 4.90 Å². The van der Waals surface area contributed by atoms with Gasteiger partial charge in [0.15, 0.2) is 0 Å². The second kappa shape index (κ2) is 9.28. The van der Waals surface area contributed by atoms with E-state index in [1.54, 1.807) is 0 Å². The zero-order chi connectivity index (χ0) is 20.1. The summed E-state index contributed by atoms with van der Waals surface area (Å²) in [6.07, 6.45) is 11.9. The Hall–Kier alpha value is -2.58. The molecule has 0 radical (unpaired) electrons. The Bertz CT molecular complexity index is 864. The highest BCUT2D eigenvalue weighted by atomic mass is 15.1. The Balaban J connectivity index is 1.69. The predicted molar refractivity (Wildman–Crippen MR) is 125 cm³/mol. The highest BCUT2D eigenvalue weighted by molar-refractivity contribution is 5.86. The molecule has 0 amide bonds. The first-order chi connectivity index (χ1) is 14.3. The fourth-order valence-electron chi connectivity index (χ4n) is 4.50. The van der Waals surface area contributed by atoms with E-state index in [9.17, 15) is 0 Å². The maximum atomic E-state index is 2.49. The molecule has 0 atom stereocenters. The van der Waals surface area contributed by atoms with Crippen LogP contribution >= 0.6 is 0 Å². The first-order valence-corrected chi connectivity index (χ1v) is 11.1. The summed E-state index contributed by atoms with van der Waals surface area (Å²) in [6.45, 7) is 8.97. The maximum Gasteiger partial charge on any atom is 0.0467 e. The van der Waals surface area contributed by atoms with Crippen molar-refractivity contribution in [1.29, 1.82) is 0 Å². The van der Waals surface area contributed by atoms with Crippen molar-refractivity contribution in [2.24, 2.45) is 0 Å².